The summed E-state index contributed by atoms with van der Waals surface area (Å²) in [6.45, 7) is 3.13. The Hall–Kier alpha value is -2.77. The van der Waals surface area contributed by atoms with Gasteiger partial charge in [0.15, 0.2) is 0 Å². The Labute approximate surface area is 179 Å². The number of aromatic nitrogens is 2. The molecule has 0 bridgehead atoms. The number of hydrogen-bond donors (Lipinski definition) is 4. The van der Waals surface area contributed by atoms with Crippen LogP contribution in [0.5, 0.6) is 0 Å². The molecule has 0 saturated heterocycles. The second kappa shape index (κ2) is 9.36. The molecule has 0 spiro atoms. The lowest BCUT2D eigenvalue weighted by molar-refractivity contribution is 0.0693. The summed E-state index contributed by atoms with van der Waals surface area (Å²) in [6.07, 6.45) is 0.885. The monoisotopic (exact) mass is 502 g/mol. The van der Waals surface area contributed by atoms with Gasteiger partial charge in [-0.15, -0.1) is 0 Å². The highest BCUT2D eigenvalue weighted by molar-refractivity contribution is 9.10. The number of amides is 1. The molecule has 30 heavy (non-hydrogen) atoms. The van der Waals surface area contributed by atoms with E-state index in [4.69, 9.17) is 5.11 Å². The van der Waals surface area contributed by atoms with Gasteiger partial charge in [-0.3, -0.25) is 19.1 Å². The number of halogens is 1. The summed E-state index contributed by atoms with van der Waals surface area (Å²) >= 11 is 3.19. The number of hydrogen-bond acceptors (Lipinski definition) is 6. The lowest BCUT2D eigenvalue weighted by Crippen LogP contribution is -2.36. The Bertz CT molecular complexity index is 1200. The highest BCUT2D eigenvalue weighted by atomic mass is 79.9. The third-order valence-electron chi connectivity index (χ3n) is 3.76. The van der Waals surface area contributed by atoms with Crippen molar-refractivity contribution in [2.75, 3.05) is 6.54 Å². The third-order valence-corrected chi connectivity index (χ3v) is 6.11. The van der Waals surface area contributed by atoms with E-state index >= 15 is 0 Å². The Morgan fingerprint density at radius 2 is 1.90 bits per heavy atom. The molecule has 0 radical (unpaired) electrons. The van der Waals surface area contributed by atoms with Crippen molar-refractivity contribution >= 4 is 37.8 Å². The van der Waals surface area contributed by atoms with Crippen LogP contribution in [0.2, 0.25) is 0 Å². The van der Waals surface area contributed by atoms with Crippen LogP contribution in [0.4, 0.5) is 0 Å². The summed E-state index contributed by atoms with van der Waals surface area (Å²) in [6, 6.07) is 3.65. The maximum absolute atomic E-state index is 12.5. The predicted octanol–water partition coefficient (Wildman–Crippen LogP) is 0.114. The maximum Gasteiger partial charge on any atom is 0.342 e. The van der Waals surface area contributed by atoms with E-state index in [0.717, 1.165) is 10.8 Å². The van der Waals surface area contributed by atoms with Gasteiger partial charge >= 0.3 is 11.7 Å². The fourth-order valence-corrected chi connectivity index (χ4v) is 4.14. The van der Waals surface area contributed by atoms with Crippen LogP contribution in [0.15, 0.2) is 43.4 Å². The van der Waals surface area contributed by atoms with Gasteiger partial charge in [0.2, 0.25) is 10.0 Å². The van der Waals surface area contributed by atoms with Gasteiger partial charge in [-0.25, -0.2) is 22.7 Å². The molecule has 13 heteroatoms. The topological polar surface area (TPSA) is 167 Å². The zero-order valence-corrected chi connectivity index (χ0v) is 18.3. The first-order valence-corrected chi connectivity index (χ1v) is 10.9. The first-order chi connectivity index (χ1) is 13.9. The van der Waals surface area contributed by atoms with Gasteiger partial charge in [0, 0.05) is 29.8 Å². The lowest BCUT2D eigenvalue weighted by Gasteiger charge is -2.12. The van der Waals surface area contributed by atoms with Gasteiger partial charge in [0.05, 0.1) is 10.5 Å². The van der Waals surface area contributed by atoms with Crippen LogP contribution in [0.25, 0.3) is 0 Å². The van der Waals surface area contributed by atoms with Gasteiger partial charge in [-0.05, 0) is 48.0 Å². The molecule has 1 aromatic carbocycles. The van der Waals surface area contributed by atoms with E-state index in [-0.39, 0.29) is 29.6 Å². The second-order valence-corrected chi connectivity index (χ2v) is 9.04. The van der Waals surface area contributed by atoms with Crippen molar-refractivity contribution in [2.24, 2.45) is 0 Å². The molecule has 0 aliphatic carbocycles. The Morgan fingerprint density at radius 3 is 2.50 bits per heavy atom. The summed E-state index contributed by atoms with van der Waals surface area (Å²) < 4.78 is 28.3. The number of carbonyl (C=O) groups is 2. The molecule has 0 fully saturated rings. The number of carboxylic acids is 1. The van der Waals surface area contributed by atoms with Crippen LogP contribution in [0, 0.1) is 0 Å². The second-order valence-electron chi connectivity index (χ2n) is 6.47. The number of aromatic carboxylic acids is 1. The number of sulfonamides is 1. The quantitative estimate of drug-likeness (QED) is 0.397. The van der Waals surface area contributed by atoms with Crippen LogP contribution in [0.3, 0.4) is 0 Å². The highest BCUT2D eigenvalue weighted by Crippen LogP contribution is 2.21. The van der Waals surface area contributed by atoms with E-state index in [0.29, 0.717) is 4.47 Å². The zero-order valence-electron chi connectivity index (χ0n) is 15.9. The van der Waals surface area contributed by atoms with E-state index in [1.807, 2.05) is 4.98 Å². The molecule has 2 aromatic rings. The first-order valence-electron chi connectivity index (χ1n) is 8.59. The van der Waals surface area contributed by atoms with Crippen molar-refractivity contribution in [1.82, 2.24) is 19.6 Å². The van der Waals surface area contributed by atoms with Gasteiger partial charge in [0.25, 0.3) is 11.5 Å². The van der Waals surface area contributed by atoms with Gasteiger partial charge < -0.3 is 10.4 Å². The van der Waals surface area contributed by atoms with Gasteiger partial charge in [0.1, 0.15) is 5.56 Å². The molecule has 2 rings (SSSR count). The number of nitrogens with one attached hydrogen (secondary N) is 3. The number of benzene rings is 1. The normalized spacial score (nSPS) is 11.5. The molecule has 1 heterocycles. The number of rotatable bonds is 8. The molecule has 0 saturated carbocycles. The SMILES string of the molecule is CC(C)NS(=O)(=O)c1ccc(Br)c(C(=O)NCCn2cc(C(=O)O)c(=O)[nH]c2=O)c1. The summed E-state index contributed by atoms with van der Waals surface area (Å²) in [4.78, 5) is 48.5. The summed E-state index contributed by atoms with van der Waals surface area (Å²) in [5.74, 6) is -2.11. The molecule has 0 unspecified atom stereocenters. The average molecular weight is 503 g/mol. The molecule has 0 aliphatic rings. The lowest BCUT2D eigenvalue weighted by atomic mass is 10.2. The van der Waals surface area contributed by atoms with E-state index < -0.39 is 38.7 Å². The fraction of sp³-hybridized carbons (Fsp3) is 0.294. The predicted molar refractivity (Wildman–Crippen MR) is 110 cm³/mol. The van der Waals surface area contributed by atoms with E-state index in [1.54, 1.807) is 13.8 Å². The highest BCUT2D eigenvalue weighted by Gasteiger charge is 2.19. The molecule has 4 N–H and O–H groups in total. The summed E-state index contributed by atoms with van der Waals surface area (Å²) in [5.41, 5.74) is -2.40. The number of H-pyrrole nitrogens is 1. The van der Waals surface area contributed by atoms with E-state index in [9.17, 15) is 27.6 Å². The molecule has 1 aromatic heterocycles. The largest absolute Gasteiger partial charge is 0.477 e. The zero-order chi connectivity index (χ0) is 22.6. The van der Waals surface area contributed by atoms with Crippen LogP contribution in [0.1, 0.15) is 34.6 Å². The van der Waals surface area contributed by atoms with Crippen molar-refractivity contribution in [3.63, 3.8) is 0 Å². The molecular weight excluding hydrogens is 484 g/mol. The standard InChI is InChI=1S/C17H19BrN4O7S/c1-9(2)21-30(28,29)10-3-4-13(18)11(7-10)14(23)19-5-6-22-8-12(16(25)26)15(24)20-17(22)27/h3-4,7-9,21H,5-6H2,1-2H3,(H,19,23)(H,25,26)(H,20,24,27). The van der Waals surface area contributed by atoms with Crippen LogP contribution >= 0.6 is 15.9 Å². The minimum absolute atomic E-state index is 0.0571. The number of carbonyl (C=O) groups excluding carboxylic acids is 1. The Kier molecular flexibility index (Phi) is 7.34. The number of nitrogens with zero attached hydrogens (tertiary/aromatic N) is 1. The van der Waals surface area contributed by atoms with Crippen molar-refractivity contribution in [3.8, 4) is 0 Å². The van der Waals surface area contributed by atoms with Crippen LogP contribution in [-0.2, 0) is 16.6 Å². The first kappa shape index (κ1) is 23.5. The van der Waals surface area contributed by atoms with Crippen molar-refractivity contribution in [3.05, 3.63) is 60.8 Å². The van der Waals surface area contributed by atoms with Crippen LogP contribution < -0.4 is 21.3 Å². The fourth-order valence-electron chi connectivity index (χ4n) is 2.44. The molecule has 162 valence electrons. The van der Waals surface area contributed by atoms with Crippen LogP contribution in [-0.4, -0.2) is 47.5 Å². The van der Waals surface area contributed by atoms with Crippen molar-refractivity contribution in [2.45, 2.75) is 31.3 Å². The molecule has 0 aliphatic heterocycles. The van der Waals surface area contributed by atoms with E-state index in [1.165, 1.54) is 18.2 Å². The summed E-state index contributed by atoms with van der Waals surface area (Å²) in [7, 11) is -3.80. The van der Waals surface area contributed by atoms with Gasteiger partial charge in [-0.2, -0.15) is 0 Å². The minimum Gasteiger partial charge on any atom is -0.477 e. The maximum atomic E-state index is 12.5. The average Bonchev–Trinajstić information content (AvgIpc) is 2.62. The smallest absolute Gasteiger partial charge is 0.342 e. The molecule has 11 nitrogen and oxygen atoms in total. The van der Waals surface area contributed by atoms with E-state index in [2.05, 4.69) is 26.0 Å². The number of aromatic amines is 1. The third kappa shape index (κ3) is 5.64. The Morgan fingerprint density at radius 1 is 1.23 bits per heavy atom. The molecular formula is C17H19BrN4O7S. The Balaban J connectivity index is 2.17. The summed E-state index contributed by atoms with van der Waals surface area (Å²) in [5, 5.41) is 11.5. The minimum atomic E-state index is -3.80. The van der Waals surface area contributed by atoms with Gasteiger partial charge in [-0.1, -0.05) is 0 Å². The van der Waals surface area contributed by atoms with Crippen molar-refractivity contribution < 1.29 is 23.1 Å². The number of carboxylic acid groups (broad SMARTS) is 1. The van der Waals surface area contributed by atoms with Crippen molar-refractivity contribution in [1.29, 1.82) is 0 Å². The molecule has 0 atom stereocenters. The molecule has 1 amide bonds.